The van der Waals surface area contributed by atoms with E-state index in [-0.39, 0.29) is 0 Å². The summed E-state index contributed by atoms with van der Waals surface area (Å²) in [5.74, 6) is 0. The van der Waals surface area contributed by atoms with Crippen LogP contribution >= 0.6 is 9.24 Å². The highest BCUT2D eigenvalue weighted by Crippen LogP contribution is 2.09. The number of pyridine rings is 1. The van der Waals surface area contributed by atoms with Crippen LogP contribution in [-0.4, -0.2) is 4.98 Å². The van der Waals surface area contributed by atoms with Gasteiger partial charge < -0.3 is 0 Å². The van der Waals surface area contributed by atoms with Crippen molar-refractivity contribution in [2.45, 2.75) is 0 Å². The highest BCUT2D eigenvalue weighted by molar-refractivity contribution is 7.28. The standard InChI is InChI=1S/C9H8NP/c11-8-5-1-3-7-4-2-6-10-9(7)8/h1-6H,11H2. The first kappa shape index (κ1) is 6.75. The summed E-state index contributed by atoms with van der Waals surface area (Å²) in [6.07, 6.45) is 1.82. The third-order valence-corrected chi connectivity index (χ3v) is 2.13. The van der Waals surface area contributed by atoms with Gasteiger partial charge in [-0.05, 0) is 11.4 Å². The smallest absolute Gasteiger partial charge is 0.0773 e. The van der Waals surface area contributed by atoms with Gasteiger partial charge in [0.15, 0.2) is 0 Å². The van der Waals surface area contributed by atoms with Gasteiger partial charge in [0.2, 0.25) is 0 Å². The Kier molecular flexibility index (Phi) is 1.59. The molecular formula is C9H8NP. The highest BCUT2D eigenvalue weighted by Gasteiger charge is 1.93. The quantitative estimate of drug-likeness (QED) is 0.536. The minimum atomic E-state index is 1.07. The summed E-state index contributed by atoms with van der Waals surface area (Å²) in [6.45, 7) is 0. The Hall–Kier alpha value is -0.940. The molecule has 0 radical (unpaired) electrons. The molecule has 1 heterocycles. The minimum absolute atomic E-state index is 1.07. The van der Waals surface area contributed by atoms with Crippen LogP contribution in [0.1, 0.15) is 0 Å². The SMILES string of the molecule is Pc1cccc2cccnc12. The fourth-order valence-corrected chi connectivity index (χ4v) is 1.48. The van der Waals surface area contributed by atoms with E-state index in [2.05, 4.69) is 26.4 Å². The molecule has 2 rings (SSSR count). The fourth-order valence-electron chi connectivity index (χ4n) is 1.13. The number of hydrogen-bond acceptors (Lipinski definition) is 1. The van der Waals surface area contributed by atoms with Crippen molar-refractivity contribution in [2.24, 2.45) is 0 Å². The van der Waals surface area contributed by atoms with E-state index in [1.54, 1.807) is 0 Å². The van der Waals surface area contributed by atoms with Gasteiger partial charge in [-0.25, -0.2) is 0 Å². The van der Waals surface area contributed by atoms with Gasteiger partial charge in [-0.3, -0.25) is 4.98 Å². The Morgan fingerprint density at radius 1 is 1.09 bits per heavy atom. The lowest BCUT2D eigenvalue weighted by atomic mass is 10.2. The fraction of sp³-hybridized carbons (Fsp3) is 0. The summed E-state index contributed by atoms with van der Waals surface area (Å²) < 4.78 is 0. The molecule has 2 heteroatoms. The average molecular weight is 161 g/mol. The van der Waals surface area contributed by atoms with Crippen LogP contribution in [0.3, 0.4) is 0 Å². The highest BCUT2D eigenvalue weighted by atomic mass is 31.0. The second-order valence-electron chi connectivity index (χ2n) is 2.42. The Bertz CT molecular complexity index is 379. The van der Waals surface area contributed by atoms with Crippen LogP contribution in [0.25, 0.3) is 10.9 Å². The van der Waals surface area contributed by atoms with Crippen molar-refractivity contribution in [3.8, 4) is 0 Å². The maximum atomic E-state index is 4.26. The van der Waals surface area contributed by atoms with Crippen LogP contribution in [0.15, 0.2) is 36.5 Å². The van der Waals surface area contributed by atoms with Crippen molar-refractivity contribution < 1.29 is 0 Å². The van der Waals surface area contributed by atoms with E-state index in [1.165, 1.54) is 5.39 Å². The van der Waals surface area contributed by atoms with Gasteiger partial charge in [-0.1, -0.05) is 24.3 Å². The van der Waals surface area contributed by atoms with Gasteiger partial charge in [0.1, 0.15) is 0 Å². The predicted octanol–water partition coefficient (Wildman–Crippen LogP) is 1.74. The van der Waals surface area contributed by atoms with Gasteiger partial charge in [0.25, 0.3) is 0 Å². The van der Waals surface area contributed by atoms with Gasteiger partial charge in [-0.15, -0.1) is 9.24 Å². The largest absolute Gasteiger partial charge is 0.256 e. The Balaban J connectivity index is 2.91. The molecule has 0 aliphatic carbocycles. The van der Waals surface area contributed by atoms with Crippen LogP contribution in [0.5, 0.6) is 0 Å². The first-order valence-corrected chi connectivity index (χ1v) is 4.05. The number of hydrogen-bond donors (Lipinski definition) is 0. The molecule has 1 aromatic heterocycles. The number of aromatic nitrogens is 1. The second kappa shape index (κ2) is 2.60. The Morgan fingerprint density at radius 3 is 2.73 bits per heavy atom. The summed E-state index contributed by atoms with van der Waals surface area (Å²) in [5.41, 5.74) is 1.07. The molecule has 1 atom stereocenters. The van der Waals surface area contributed by atoms with Gasteiger partial charge in [0, 0.05) is 11.6 Å². The number of benzene rings is 1. The lowest BCUT2D eigenvalue weighted by Crippen LogP contribution is -1.93. The van der Waals surface area contributed by atoms with E-state index in [4.69, 9.17) is 0 Å². The van der Waals surface area contributed by atoms with Crippen LogP contribution in [0, 0.1) is 0 Å². The number of fused-ring (bicyclic) bond motifs is 1. The summed E-state index contributed by atoms with van der Waals surface area (Å²) in [7, 11) is 2.68. The van der Waals surface area contributed by atoms with Crippen LogP contribution in [0.4, 0.5) is 0 Å². The molecule has 11 heavy (non-hydrogen) atoms. The monoisotopic (exact) mass is 161 g/mol. The zero-order valence-corrected chi connectivity index (χ0v) is 7.14. The van der Waals surface area contributed by atoms with Crippen molar-refractivity contribution in [1.82, 2.24) is 4.98 Å². The van der Waals surface area contributed by atoms with Crippen LogP contribution in [0.2, 0.25) is 0 Å². The van der Waals surface area contributed by atoms with Gasteiger partial charge >= 0.3 is 0 Å². The van der Waals surface area contributed by atoms with Crippen molar-refractivity contribution >= 4 is 25.4 Å². The number of nitrogens with zero attached hydrogens (tertiary/aromatic N) is 1. The summed E-state index contributed by atoms with van der Waals surface area (Å²) in [5, 5.41) is 2.35. The van der Waals surface area contributed by atoms with E-state index >= 15 is 0 Å². The number of rotatable bonds is 0. The second-order valence-corrected chi connectivity index (χ2v) is 3.04. The maximum absolute atomic E-state index is 4.26. The molecule has 2 aromatic rings. The van der Waals surface area contributed by atoms with E-state index in [9.17, 15) is 0 Å². The summed E-state index contributed by atoms with van der Waals surface area (Å²) in [6, 6.07) is 10.2. The molecule has 0 spiro atoms. The summed E-state index contributed by atoms with van der Waals surface area (Å²) in [4.78, 5) is 4.26. The van der Waals surface area contributed by atoms with E-state index < -0.39 is 0 Å². The molecule has 0 fully saturated rings. The molecule has 1 aromatic carbocycles. The van der Waals surface area contributed by atoms with Crippen molar-refractivity contribution in [3.63, 3.8) is 0 Å². The van der Waals surface area contributed by atoms with Crippen molar-refractivity contribution in [3.05, 3.63) is 36.5 Å². The molecule has 0 aliphatic rings. The molecule has 0 bridgehead atoms. The molecule has 54 valence electrons. The van der Waals surface area contributed by atoms with Crippen LogP contribution in [-0.2, 0) is 0 Å². The molecule has 0 N–H and O–H groups in total. The normalized spacial score (nSPS) is 10.3. The van der Waals surface area contributed by atoms with Crippen LogP contribution < -0.4 is 5.30 Å². The summed E-state index contributed by atoms with van der Waals surface area (Å²) >= 11 is 0. The lowest BCUT2D eigenvalue weighted by molar-refractivity contribution is 1.42. The number of para-hydroxylation sites is 1. The first-order chi connectivity index (χ1) is 5.38. The lowest BCUT2D eigenvalue weighted by Gasteiger charge is -1.97. The van der Waals surface area contributed by atoms with Gasteiger partial charge in [0.05, 0.1) is 5.52 Å². The van der Waals surface area contributed by atoms with E-state index in [0.29, 0.717) is 0 Å². The van der Waals surface area contributed by atoms with E-state index in [0.717, 1.165) is 10.8 Å². The van der Waals surface area contributed by atoms with Gasteiger partial charge in [-0.2, -0.15) is 0 Å². The topological polar surface area (TPSA) is 12.9 Å². The van der Waals surface area contributed by atoms with Crippen molar-refractivity contribution in [1.29, 1.82) is 0 Å². The molecular weight excluding hydrogens is 153 g/mol. The Morgan fingerprint density at radius 2 is 1.91 bits per heavy atom. The minimum Gasteiger partial charge on any atom is -0.256 e. The zero-order valence-electron chi connectivity index (χ0n) is 5.99. The molecule has 0 saturated carbocycles. The van der Waals surface area contributed by atoms with Crippen molar-refractivity contribution in [2.75, 3.05) is 0 Å². The first-order valence-electron chi connectivity index (χ1n) is 3.47. The third-order valence-electron chi connectivity index (χ3n) is 1.66. The average Bonchev–Trinajstić information content (AvgIpc) is 2.06. The van der Waals surface area contributed by atoms with E-state index in [1.807, 2.05) is 24.4 Å². The maximum Gasteiger partial charge on any atom is 0.0773 e. The predicted molar refractivity (Wildman–Crippen MR) is 51.1 cm³/mol. The Labute approximate surface area is 67.7 Å². The molecule has 1 nitrogen and oxygen atoms in total. The zero-order chi connectivity index (χ0) is 7.68. The molecule has 0 saturated heterocycles. The molecule has 0 aliphatic heterocycles. The molecule has 1 unspecified atom stereocenters. The molecule has 0 amide bonds. The third kappa shape index (κ3) is 1.12.